The van der Waals surface area contributed by atoms with Gasteiger partial charge in [-0.2, -0.15) is 0 Å². The third kappa shape index (κ3) is 6.13. The van der Waals surface area contributed by atoms with Crippen LogP contribution in [0.5, 0.6) is 5.88 Å². The zero-order valence-electron chi connectivity index (χ0n) is 23.1. The Kier molecular flexibility index (Phi) is 7.44. The van der Waals surface area contributed by atoms with Gasteiger partial charge < -0.3 is 14.8 Å². The summed E-state index contributed by atoms with van der Waals surface area (Å²) in [5, 5.41) is 4.17. The molecule has 11 nitrogen and oxygen atoms in total. The summed E-state index contributed by atoms with van der Waals surface area (Å²) >= 11 is 6.19. The van der Waals surface area contributed by atoms with Gasteiger partial charge in [0.05, 0.1) is 11.8 Å². The second-order valence-electron chi connectivity index (χ2n) is 11.8. The van der Waals surface area contributed by atoms with Crippen molar-refractivity contribution in [3.63, 3.8) is 0 Å². The Morgan fingerprint density at radius 2 is 1.95 bits per heavy atom. The zero-order valence-corrected chi connectivity index (χ0v) is 24.6. The molecule has 4 atom stereocenters. The maximum atomic E-state index is 13.7. The molecule has 5 rings (SSSR count). The number of ether oxygens (including phenoxy) is 2. The molecule has 2 unspecified atom stereocenters. The molecule has 2 aromatic rings. The van der Waals surface area contributed by atoms with Crippen LogP contribution in [0.2, 0.25) is 5.02 Å². The van der Waals surface area contributed by atoms with E-state index in [0.29, 0.717) is 29.1 Å². The third-order valence-electron chi connectivity index (χ3n) is 7.41. The minimum absolute atomic E-state index is 0.0196. The second kappa shape index (κ2) is 10.5. The molecule has 1 aromatic heterocycles. The van der Waals surface area contributed by atoms with Gasteiger partial charge in [0.1, 0.15) is 23.3 Å². The van der Waals surface area contributed by atoms with Gasteiger partial charge in [0.15, 0.2) is 0 Å². The number of fused-ring (bicyclic) bond motifs is 1. The van der Waals surface area contributed by atoms with Crippen molar-refractivity contribution in [3.8, 4) is 5.88 Å². The number of pyridine rings is 1. The quantitative estimate of drug-likeness (QED) is 0.437. The lowest BCUT2D eigenvalue weighted by Crippen LogP contribution is -2.56. The fourth-order valence-electron chi connectivity index (χ4n) is 5.04. The van der Waals surface area contributed by atoms with Crippen molar-refractivity contribution in [3.05, 3.63) is 48.1 Å². The van der Waals surface area contributed by atoms with E-state index in [9.17, 15) is 22.8 Å². The number of carbonyl (C=O) groups is 3. The third-order valence-corrected chi connectivity index (χ3v) is 9.47. The first-order valence-electron chi connectivity index (χ1n) is 13.4. The Bertz CT molecular complexity index is 1520. The molecule has 2 N–H and O–H groups in total. The Labute approximate surface area is 243 Å². The topological polar surface area (TPSA) is 144 Å². The normalized spacial score (nSPS) is 25.9. The standard InChI is InChI=1S/C28H33ClN4O7S/c1-5-17-14-28(17,25(35)32-41(37,38)20-8-9-20)31-23(34)22-13-19(15-33(22)26(36)40-27(2,3)4)39-24-21-12-18(29)7-6-16(21)10-11-30-24/h5-7,10-12,17,19-20,22H,1,8-9,13-15H2,2-4H3,(H,31,34)(H,32,35)/t17-,19?,22?,28-/m1/s1. The highest BCUT2D eigenvalue weighted by Gasteiger charge is 2.62. The van der Waals surface area contributed by atoms with Crippen molar-refractivity contribution in [1.29, 1.82) is 0 Å². The molecule has 1 aromatic carbocycles. The number of nitrogens with zero attached hydrogens (tertiary/aromatic N) is 2. The Balaban J connectivity index is 1.38. The summed E-state index contributed by atoms with van der Waals surface area (Å²) in [6.45, 7) is 8.88. The van der Waals surface area contributed by atoms with E-state index >= 15 is 0 Å². The lowest BCUT2D eigenvalue weighted by atomic mass is 10.1. The molecule has 0 spiro atoms. The largest absolute Gasteiger partial charge is 0.472 e. The maximum absolute atomic E-state index is 13.7. The van der Waals surface area contributed by atoms with Gasteiger partial charge in [-0.15, -0.1) is 6.58 Å². The first-order valence-corrected chi connectivity index (χ1v) is 15.4. The molecule has 3 aliphatic rings. The van der Waals surface area contributed by atoms with Gasteiger partial charge in [-0.25, -0.2) is 18.2 Å². The number of hydrogen-bond acceptors (Lipinski definition) is 8. The number of nitrogens with one attached hydrogen (secondary N) is 2. The van der Waals surface area contributed by atoms with Crippen LogP contribution < -0.4 is 14.8 Å². The van der Waals surface area contributed by atoms with Crippen LogP contribution in [-0.4, -0.2) is 71.3 Å². The van der Waals surface area contributed by atoms with Gasteiger partial charge in [-0.3, -0.25) is 19.2 Å². The molecule has 2 heterocycles. The van der Waals surface area contributed by atoms with Crippen LogP contribution in [0.15, 0.2) is 43.1 Å². The summed E-state index contributed by atoms with van der Waals surface area (Å²) in [4.78, 5) is 45.7. The van der Waals surface area contributed by atoms with E-state index < -0.39 is 62.4 Å². The fourth-order valence-corrected chi connectivity index (χ4v) is 6.57. The van der Waals surface area contributed by atoms with Crippen LogP contribution in [0.25, 0.3) is 10.8 Å². The number of benzene rings is 1. The fraction of sp³-hybridized carbons (Fsp3) is 0.500. The summed E-state index contributed by atoms with van der Waals surface area (Å²) in [5.74, 6) is -1.60. The van der Waals surface area contributed by atoms with Gasteiger partial charge >= 0.3 is 6.09 Å². The van der Waals surface area contributed by atoms with Crippen molar-refractivity contribution in [2.24, 2.45) is 5.92 Å². The highest BCUT2D eigenvalue weighted by atomic mass is 35.5. The van der Waals surface area contributed by atoms with Crippen LogP contribution in [0.3, 0.4) is 0 Å². The van der Waals surface area contributed by atoms with Crippen molar-refractivity contribution >= 4 is 50.3 Å². The van der Waals surface area contributed by atoms with Crippen LogP contribution in [0.1, 0.15) is 46.5 Å². The van der Waals surface area contributed by atoms with E-state index in [-0.39, 0.29) is 19.4 Å². The van der Waals surface area contributed by atoms with Crippen molar-refractivity contribution < 1.29 is 32.3 Å². The Morgan fingerprint density at radius 3 is 2.59 bits per heavy atom. The SMILES string of the molecule is C=C[C@@H]1C[C@]1(NC(=O)C1CC(Oc2nccc3ccc(Cl)cc23)CN1C(=O)OC(C)(C)C)C(=O)NS(=O)(=O)C1CC1. The van der Waals surface area contributed by atoms with Gasteiger partial charge in [0.25, 0.3) is 5.91 Å². The molecule has 13 heteroatoms. The number of halogens is 1. The van der Waals surface area contributed by atoms with Crippen LogP contribution in [0.4, 0.5) is 4.79 Å². The highest BCUT2D eigenvalue weighted by Crippen LogP contribution is 2.45. The number of likely N-dealkylation sites (tertiary alicyclic amines) is 1. The number of amides is 3. The average Bonchev–Trinajstić information content (AvgIpc) is 3.80. The summed E-state index contributed by atoms with van der Waals surface area (Å²) in [6, 6.07) is 6.08. The summed E-state index contributed by atoms with van der Waals surface area (Å²) in [6.07, 6.45) is 2.99. The molecule has 41 heavy (non-hydrogen) atoms. The number of carbonyl (C=O) groups excluding carboxylic acids is 3. The average molecular weight is 605 g/mol. The van der Waals surface area contributed by atoms with E-state index in [4.69, 9.17) is 21.1 Å². The lowest BCUT2D eigenvalue weighted by Gasteiger charge is -2.29. The molecule has 2 aliphatic carbocycles. The van der Waals surface area contributed by atoms with Crippen LogP contribution in [0, 0.1) is 5.92 Å². The first kappa shape index (κ1) is 29.1. The molecule has 3 amide bonds. The number of aromatic nitrogens is 1. The lowest BCUT2D eigenvalue weighted by molar-refractivity contribution is -0.131. The van der Waals surface area contributed by atoms with Gasteiger partial charge in [-0.05, 0) is 63.6 Å². The highest BCUT2D eigenvalue weighted by molar-refractivity contribution is 7.91. The molecule has 0 bridgehead atoms. The van der Waals surface area contributed by atoms with Crippen LogP contribution >= 0.6 is 11.6 Å². The number of rotatable bonds is 8. The molecule has 1 saturated heterocycles. The predicted octanol–water partition coefficient (Wildman–Crippen LogP) is 3.31. The molecule has 0 radical (unpaired) electrons. The maximum Gasteiger partial charge on any atom is 0.411 e. The summed E-state index contributed by atoms with van der Waals surface area (Å²) in [5.41, 5.74) is -2.30. The number of sulfonamides is 1. The van der Waals surface area contributed by atoms with Crippen molar-refractivity contribution in [1.82, 2.24) is 19.9 Å². The van der Waals surface area contributed by atoms with Crippen LogP contribution in [-0.2, 0) is 24.3 Å². The van der Waals surface area contributed by atoms with Gasteiger partial charge in [-0.1, -0.05) is 23.7 Å². The first-order chi connectivity index (χ1) is 19.2. The predicted molar refractivity (Wildman–Crippen MR) is 152 cm³/mol. The second-order valence-corrected chi connectivity index (χ2v) is 14.2. The minimum Gasteiger partial charge on any atom is -0.472 e. The monoisotopic (exact) mass is 604 g/mol. The summed E-state index contributed by atoms with van der Waals surface area (Å²) < 4.78 is 38.8. The molecular weight excluding hydrogens is 572 g/mol. The van der Waals surface area contributed by atoms with E-state index in [2.05, 4.69) is 21.6 Å². The number of hydrogen-bond donors (Lipinski definition) is 2. The van der Waals surface area contributed by atoms with E-state index in [1.165, 1.54) is 11.0 Å². The molecule has 2 saturated carbocycles. The minimum atomic E-state index is -3.83. The molecule has 1 aliphatic heterocycles. The molecular formula is C28H33ClN4O7S. The van der Waals surface area contributed by atoms with Crippen molar-refractivity contribution in [2.45, 2.75) is 75.0 Å². The summed E-state index contributed by atoms with van der Waals surface area (Å²) in [7, 11) is -3.83. The molecule has 3 fully saturated rings. The smallest absolute Gasteiger partial charge is 0.411 e. The van der Waals surface area contributed by atoms with Gasteiger partial charge in [0, 0.05) is 28.9 Å². The van der Waals surface area contributed by atoms with Crippen molar-refractivity contribution in [2.75, 3.05) is 6.54 Å². The van der Waals surface area contributed by atoms with E-state index in [1.54, 1.807) is 39.1 Å². The van der Waals surface area contributed by atoms with E-state index in [0.717, 1.165) is 5.39 Å². The van der Waals surface area contributed by atoms with E-state index in [1.807, 2.05) is 12.1 Å². The zero-order chi connectivity index (χ0) is 29.7. The Morgan fingerprint density at radius 1 is 1.22 bits per heavy atom. The molecule has 220 valence electrons. The Hall–Kier alpha value is -3.38. The van der Waals surface area contributed by atoms with Gasteiger partial charge in [0.2, 0.25) is 21.8 Å².